The van der Waals surface area contributed by atoms with E-state index in [9.17, 15) is 18.0 Å². The third kappa shape index (κ3) is 3.22. The van der Waals surface area contributed by atoms with E-state index in [-0.39, 0.29) is 22.2 Å². The molecule has 138 valence electrons. The fourth-order valence-electron chi connectivity index (χ4n) is 2.42. The number of carbonyl (C=O) groups excluding carboxylic acids is 1. The van der Waals surface area contributed by atoms with E-state index in [1.165, 1.54) is 15.2 Å². The lowest BCUT2D eigenvalue weighted by Crippen LogP contribution is -2.29. The quantitative estimate of drug-likeness (QED) is 0.899. The summed E-state index contributed by atoms with van der Waals surface area (Å²) in [6.45, 7) is 8.40. The van der Waals surface area contributed by atoms with E-state index in [1.807, 2.05) is 0 Å². The number of fused-ring (bicyclic) bond motifs is 1. The van der Waals surface area contributed by atoms with Crippen LogP contribution in [0.1, 0.15) is 34.6 Å². The molecule has 2 aromatic rings. The number of imidazole rings is 1. The molecule has 0 bridgehead atoms. The summed E-state index contributed by atoms with van der Waals surface area (Å²) in [7, 11) is -0.455. The third-order valence-corrected chi connectivity index (χ3v) is 6.42. The van der Waals surface area contributed by atoms with Gasteiger partial charge in [0.25, 0.3) is 0 Å². The summed E-state index contributed by atoms with van der Waals surface area (Å²) in [6, 6.07) is 3.01. The summed E-state index contributed by atoms with van der Waals surface area (Å²) in [5.74, 6) is -0.298. The van der Waals surface area contributed by atoms with Gasteiger partial charge < -0.3 is 5.32 Å². The number of rotatable bonds is 3. The first-order valence-corrected chi connectivity index (χ1v) is 9.58. The van der Waals surface area contributed by atoms with Gasteiger partial charge in [-0.1, -0.05) is 20.8 Å². The Morgan fingerprint density at radius 1 is 1.08 bits per heavy atom. The van der Waals surface area contributed by atoms with Crippen molar-refractivity contribution in [3.05, 3.63) is 22.6 Å². The molecular weight excluding hydrogens is 342 g/mol. The molecule has 7 nitrogen and oxygen atoms in total. The fraction of sp³-hybridized carbons (Fsp3) is 0.529. The molecule has 0 saturated carbocycles. The maximum Gasteiger partial charge on any atom is 0.328 e. The van der Waals surface area contributed by atoms with Crippen molar-refractivity contribution in [2.75, 3.05) is 5.32 Å². The van der Waals surface area contributed by atoms with Gasteiger partial charge in [-0.3, -0.25) is 13.9 Å². The molecule has 0 saturated heterocycles. The van der Waals surface area contributed by atoms with Crippen molar-refractivity contribution in [2.45, 2.75) is 44.8 Å². The zero-order valence-corrected chi connectivity index (χ0v) is 16.5. The number of amides is 1. The predicted octanol–water partition coefficient (Wildman–Crippen LogP) is 2.04. The second-order valence-electron chi connectivity index (χ2n) is 7.54. The van der Waals surface area contributed by atoms with Crippen LogP contribution < -0.4 is 11.0 Å². The molecule has 0 aliphatic rings. The first kappa shape index (κ1) is 19.2. The van der Waals surface area contributed by atoms with Crippen LogP contribution in [0.2, 0.25) is 0 Å². The number of nitrogens with one attached hydrogen (secondary N) is 1. The van der Waals surface area contributed by atoms with Gasteiger partial charge in [-0.2, -0.15) is 0 Å². The van der Waals surface area contributed by atoms with E-state index in [4.69, 9.17) is 0 Å². The third-order valence-electron chi connectivity index (χ3n) is 4.23. The van der Waals surface area contributed by atoms with Gasteiger partial charge in [0, 0.05) is 19.5 Å². The summed E-state index contributed by atoms with van der Waals surface area (Å²) < 4.78 is 28.4. The fourth-order valence-corrected chi connectivity index (χ4v) is 3.62. The van der Waals surface area contributed by atoms with Gasteiger partial charge in [-0.05, 0) is 26.0 Å². The van der Waals surface area contributed by atoms with Gasteiger partial charge in [0.05, 0.1) is 26.9 Å². The molecule has 2 rings (SSSR count). The Labute approximate surface area is 147 Å². The maximum absolute atomic E-state index is 12.8. The normalized spacial score (nSPS) is 12.8. The van der Waals surface area contributed by atoms with Crippen LogP contribution in [0.15, 0.2) is 21.8 Å². The van der Waals surface area contributed by atoms with E-state index < -0.39 is 20.5 Å². The zero-order chi connectivity index (χ0) is 19.3. The second-order valence-corrected chi connectivity index (χ2v) is 10.0. The summed E-state index contributed by atoms with van der Waals surface area (Å²) >= 11 is 0. The summed E-state index contributed by atoms with van der Waals surface area (Å²) in [6.07, 6.45) is 0. The first-order valence-electron chi connectivity index (χ1n) is 8.03. The SMILES string of the molecule is CC(C)S(=O)(=O)c1cc2c(cc1NC(=O)C(C)(C)C)n(C)c(=O)n2C. The van der Waals surface area contributed by atoms with E-state index in [2.05, 4.69) is 5.32 Å². The van der Waals surface area contributed by atoms with Gasteiger partial charge in [0.15, 0.2) is 9.84 Å². The number of aromatic nitrogens is 2. The van der Waals surface area contributed by atoms with E-state index in [0.717, 1.165) is 0 Å². The molecule has 1 amide bonds. The van der Waals surface area contributed by atoms with Crippen LogP contribution in [-0.2, 0) is 28.7 Å². The number of aryl methyl sites for hydroxylation is 2. The number of carbonyl (C=O) groups is 1. The molecule has 1 heterocycles. The lowest BCUT2D eigenvalue weighted by Gasteiger charge is -2.20. The molecule has 1 N–H and O–H groups in total. The van der Waals surface area contributed by atoms with Crippen LogP contribution in [0, 0.1) is 5.41 Å². The molecule has 0 aliphatic heterocycles. The van der Waals surface area contributed by atoms with Crippen LogP contribution in [0.3, 0.4) is 0 Å². The van der Waals surface area contributed by atoms with Crippen LogP contribution in [0.5, 0.6) is 0 Å². The standard InChI is InChI=1S/C17H25N3O4S/c1-10(2)25(23,24)14-9-13-12(19(6)16(22)20(13)7)8-11(14)18-15(21)17(3,4)5/h8-10H,1-7H3,(H,18,21). The highest BCUT2D eigenvalue weighted by atomic mass is 32.2. The monoisotopic (exact) mass is 367 g/mol. The highest BCUT2D eigenvalue weighted by Gasteiger charge is 2.28. The minimum absolute atomic E-state index is 0.0220. The minimum atomic E-state index is -3.65. The molecule has 0 fully saturated rings. The molecule has 0 radical (unpaired) electrons. The second kappa shape index (κ2) is 6.01. The van der Waals surface area contributed by atoms with Crippen molar-refractivity contribution in [3.63, 3.8) is 0 Å². The Kier molecular flexibility index (Phi) is 4.63. The predicted molar refractivity (Wildman–Crippen MR) is 98.6 cm³/mol. The highest BCUT2D eigenvalue weighted by molar-refractivity contribution is 7.92. The topological polar surface area (TPSA) is 90.2 Å². The van der Waals surface area contributed by atoms with Gasteiger partial charge in [-0.25, -0.2) is 13.2 Å². The summed E-state index contributed by atoms with van der Waals surface area (Å²) in [4.78, 5) is 24.6. The van der Waals surface area contributed by atoms with Gasteiger partial charge in [0.1, 0.15) is 0 Å². The number of sulfone groups is 1. The molecule has 1 aromatic carbocycles. The smallest absolute Gasteiger partial charge is 0.324 e. The van der Waals surface area contributed by atoms with Crippen molar-refractivity contribution in [2.24, 2.45) is 19.5 Å². The van der Waals surface area contributed by atoms with Crippen molar-refractivity contribution in [1.29, 1.82) is 0 Å². The van der Waals surface area contributed by atoms with Gasteiger partial charge in [0.2, 0.25) is 5.91 Å². The number of benzene rings is 1. The highest BCUT2D eigenvalue weighted by Crippen LogP contribution is 2.31. The number of nitrogens with zero attached hydrogens (tertiary/aromatic N) is 2. The molecule has 0 aliphatic carbocycles. The Hall–Kier alpha value is -2.09. The van der Waals surface area contributed by atoms with Crippen LogP contribution in [0.25, 0.3) is 11.0 Å². The van der Waals surface area contributed by atoms with Gasteiger partial charge in [-0.15, -0.1) is 0 Å². The number of hydrogen-bond donors (Lipinski definition) is 1. The van der Waals surface area contributed by atoms with Crippen molar-refractivity contribution >= 4 is 32.5 Å². The molecule has 1 aromatic heterocycles. The molecule has 0 unspecified atom stereocenters. The molecular formula is C17H25N3O4S. The molecule has 8 heteroatoms. The lowest BCUT2D eigenvalue weighted by molar-refractivity contribution is -0.123. The number of anilines is 1. The Morgan fingerprint density at radius 3 is 2.00 bits per heavy atom. The van der Waals surface area contributed by atoms with E-state index in [1.54, 1.807) is 54.8 Å². The average Bonchev–Trinajstić information content (AvgIpc) is 2.70. The van der Waals surface area contributed by atoms with Crippen molar-refractivity contribution < 1.29 is 13.2 Å². The van der Waals surface area contributed by atoms with Crippen LogP contribution >= 0.6 is 0 Å². The largest absolute Gasteiger partial charge is 0.328 e. The van der Waals surface area contributed by atoms with Crippen LogP contribution in [-0.4, -0.2) is 28.7 Å². The van der Waals surface area contributed by atoms with E-state index in [0.29, 0.717) is 11.0 Å². The Bertz CT molecular complexity index is 1010. The average molecular weight is 367 g/mol. The van der Waals surface area contributed by atoms with Crippen LogP contribution in [0.4, 0.5) is 5.69 Å². The summed E-state index contributed by atoms with van der Waals surface area (Å²) in [5, 5.41) is 2.06. The zero-order valence-electron chi connectivity index (χ0n) is 15.7. The molecule has 0 atom stereocenters. The van der Waals surface area contributed by atoms with Crippen molar-refractivity contribution in [3.8, 4) is 0 Å². The minimum Gasteiger partial charge on any atom is -0.324 e. The van der Waals surface area contributed by atoms with Gasteiger partial charge >= 0.3 is 5.69 Å². The lowest BCUT2D eigenvalue weighted by atomic mass is 9.95. The first-order chi connectivity index (χ1) is 11.3. The maximum atomic E-state index is 12.8. The Morgan fingerprint density at radius 2 is 1.56 bits per heavy atom. The van der Waals surface area contributed by atoms with Crippen molar-refractivity contribution in [1.82, 2.24) is 9.13 Å². The summed E-state index contributed by atoms with van der Waals surface area (Å²) in [5.41, 5.74) is 0.306. The van der Waals surface area contributed by atoms with E-state index >= 15 is 0 Å². The Balaban J connectivity index is 2.84. The molecule has 25 heavy (non-hydrogen) atoms. The number of hydrogen-bond acceptors (Lipinski definition) is 4. The molecule has 0 spiro atoms.